The first-order valence-corrected chi connectivity index (χ1v) is 12.6. The van der Waals surface area contributed by atoms with Crippen molar-refractivity contribution in [3.8, 4) is 0 Å². The van der Waals surface area contributed by atoms with Crippen LogP contribution in [0.1, 0.15) is 46.2 Å². The van der Waals surface area contributed by atoms with Gasteiger partial charge in [0.2, 0.25) is 0 Å². The van der Waals surface area contributed by atoms with Crippen molar-refractivity contribution in [1.82, 2.24) is 19.5 Å². The van der Waals surface area contributed by atoms with Gasteiger partial charge in [-0.05, 0) is 86.3 Å². The van der Waals surface area contributed by atoms with Gasteiger partial charge >= 0.3 is 0 Å². The normalized spacial score (nSPS) is 16.2. The van der Waals surface area contributed by atoms with Crippen LogP contribution in [0.3, 0.4) is 0 Å². The topological polar surface area (TPSA) is 96.7 Å². The van der Waals surface area contributed by atoms with E-state index in [1.54, 1.807) is 29.2 Å². The highest BCUT2D eigenvalue weighted by atomic mass is 32.2. The molecule has 0 saturated carbocycles. The van der Waals surface area contributed by atoms with Gasteiger partial charge in [-0.25, -0.2) is 8.42 Å². The molecule has 1 atom stereocenters. The summed E-state index contributed by atoms with van der Waals surface area (Å²) >= 11 is 0. The van der Waals surface area contributed by atoms with E-state index in [9.17, 15) is 13.2 Å². The highest BCUT2D eigenvalue weighted by molar-refractivity contribution is 7.92. The molecule has 1 unspecified atom stereocenters. The van der Waals surface area contributed by atoms with E-state index in [0.29, 0.717) is 17.8 Å². The Kier molecular flexibility index (Phi) is 5.57. The standard InChI is InChI=1S/C25H25N5O3S/c1-17-8-11-20(16-18(17)2)28-34(32,33)21-12-9-19(10-13-21)25(31)29-15-5-6-22(29)24-27-26-23-7-3-4-14-30(23)24/h3-4,7-14,16,22,28H,5-6,15H2,1-2H3. The van der Waals surface area contributed by atoms with Crippen LogP contribution in [0.15, 0.2) is 71.8 Å². The number of anilines is 1. The van der Waals surface area contributed by atoms with Gasteiger partial charge in [0.05, 0.1) is 10.9 Å². The molecule has 0 aliphatic carbocycles. The quantitative estimate of drug-likeness (QED) is 0.468. The van der Waals surface area contributed by atoms with E-state index >= 15 is 0 Å². The minimum atomic E-state index is -3.77. The highest BCUT2D eigenvalue weighted by Crippen LogP contribution is 2.32. The van der Waals surface area contributed by atoms with E-state index < -0.39 is 10.0 Å². The maximum absolute atomic E-state index is 13.3. The Morgan fingerprint density at radius 1 is 1.00 bits per heavy atom. The van der Waals surface area contributed by atoms with Gasteiger partial charge in [0, 0.05) is 24.0 Å². The minimum absolute atomic E-state index is 0.101. The van der Waals surface area contributed by atoms with Crippen molar-refractivity contribution < 1.29 is 13.2 Å². The van der Waals surface area contributed by atoms with Gasteiger partial charge in [-0.2, -0.15) is 0 Å². The van der Waals surface area contributed by atoms with E-state index in [4.69, 9.17) is 0 Å². The van der Waals surface area contributed by atoms with Crippen molar-refractivity contribution in [3.05, 3.63) is 89.4 Å². The molecule has 174 valence electrons. The van der Waals surface area contributed by atoms with Crippen molar-refractivity contribution in [3.63, 3.8) is 0 Å². The summed E-state index contributed by atoms with van der Waals surface area (Å²) in [6.07, 6.45) is 3.56. The Morgan fingerprint density at radius 3 is 2.56 bits per heavy atom. The van der Waals surface area contributed by atoms with E-state index in [1.165, 1.54) is 12.1 Å². The first-order chi connectivity index (χ1) is 16.3. The van der Waals surface area contributed by atoms with Gasteiger partial charge in [-0.3, -0.25) is 13.9 Å². The fourth-order valence-corrected chi connectivity index (χ4v) is 5.38. The number of rotatable bonds is 5. The van der Waals surface area contributed by atoms with Crippen molar-refractivity contribution in [2.24, 2.45) is 0 Å². The summed E-state index contributed by atoms with van der Waals surface area (Å²) < 4.78 is 30.2. The third-order valence-electron chi connectivity index (χ3n) is 6.32. The van der Waals surface area contributed by atoms with Gasteiger partial charge in [0.15, 0.2) is 11.5 Å². The van der Waals surface area contributed by atoms with Crippen LogP contribution in [0.4, 0.5) is 5.69 Å². The molecule has 34 heavy (non-hydrogen) atoms. The molecule has 1 N–H and O–H groups in total. The average Bonchev–Trinajstić information content (AvgIpc) is 3.48. The maximum Gasteiger partial charge on any atom is 0.261 e. The monoisotopic (exact) mass is 475 g/mol. The number of likely N-dealkylation sites (tertiary alicyclic amines) is 1. The molecular weight excluding hydrogens is 450 g/mol. The summed E-state index contributed by atoms with van der Waals surface area (Å²) in [7, 11) is -3.77. The molecule has 1 fully saturated rings. The van der Waals surface area contributed by atoms with Gasteiger partial charge in [0.25, 0.3) is 15.9 Å². The number of pyridine rings is 1. The number of aromatic nitrogens is 3. The van der Waals surface area contributed by atoms with Crippen LogP contribution in [-0.2, 0) is 10.0 Å². The molecule has 1 aliphatic rings. The first-order valence-electron chi connectivity index (χ1n) is 11.1. The molecule has 4 aromatic rings. The van der Waals surface area contributed by atoms with Crippen molar-refractivity contribution in [1.29, 1.82) is 0 Å². The molecule has 8 nitrogen and oxygen atoms in total. The van der Waals surface area contributed by atoms with Crippen LogP contribution in [0.25, 0.3) is 5.65 Å². The van der Waals surface area contributed by atoms with Crippen LogP contribution in [-0.4, -0.2) is 40.4 Å². The molecule has 3 heterocycles. The predicted molar refractivity (Wildman–Crippen MR) is 129 cm³/mol. The summed E-state index contributed by atoms with van der Waals surface area (Å²) in [4.78, 5) is 15.2. The smallest absolute Gasteiger partial charge is 0.261 e. The largest absolute Gasteiger partial charge is 0.328 e. The molecule has 5 rings (SSSR count). The van der Waals surface area contributed by atoms with Crippen molar-refractivity contribution in [2.75, 3.05) is 11.3 Å². The lowest BCUT2D eigenvalue weighted by Gasteiger charge is -2.23. The number of sulfonamides is 1. The average molecular weight is 476 g/mol. The Labute approximate surface area is 198 Å². The van der Waals surface area contributed by atoms with E-state index in [1.807, 2.05) is 48.7 Å². The van der Waals surface area contributed by atoms with Crippen LogP contribution < -0.4 is 4.72 Å². The zero-order chi connectivity index (χ0) is 23.9. The zero-order valence-corrected chi connectivity index (χ0v) is 19.8. The van der Waals surface area contributed by atoms with Gasteiger partial charge in [-0.15, -0.1) is 10.2 Å². The lowest BCUT2D eigenvalue weighted by molar-refractivity contribution is 0.0729. The molecular formula is C25H25N5O3S. The maximum atomic E-state index is 13.3. The third-order valence-corrected chi connectivity index (χ3v) is 7.72. The Bertz CT molecular complexity index is 1480. The second kappa shape index (κ2) is 8.57. The first kappa shape index (κ1) is 22.1. The number of nitrogens with one attached hydrogen (secondary N) is 1. The summed E-state index contributed by atoms with van der Waals surface area (Å²) in [5.41, 5.74) is 3.77. The molecule has 2 aromatic heterocycles. The van der Waals surface area contributed by atoms with Crippen molar-refractivity contribution >= 4 is 27.3 Å². The van der Waals surface area contributed by atoms with Gasteiger partial charge in [0.1, 0.15) is 0 Å². The predicted octanol–water partition coefficient (Wildman–Crippen LogP) is 4.12. The Hall–Kier alpha value is -3.72. The molecule has 2 aromatic carbocycles. The van der Waals surface area contributed by atoms with Crippen LogP contribution in [0.2, 0.25) is 0 Å². The van der Waals surface area contributed by atoms with E-state index in [-0.39, 0.29) is 16.8 Å². The molecule has 0 radical (unpaired) electrons. The second-order valence-corrected chi connectivity index (χ2v) is 10.3. The lowest BCUT2D eigenvalue weighted by Crippen LogP contribution is -2.31. The molecule has 0 bridgehead atoms. The van der Waals surface area contributed by atoms with E-state index in [2.05, 4.69) is 14.9 Å². The summed E-state index contributed by atoms with van der Waals surface area (Å²) in [5.74, 6) is 0.583. The number of benzene rings is 2. The number of fused-ring (bicyclic) bond motifs is 1. The molecule has 1 amide bonds. The number of hydrogen-bond donors (Lipinski definition) is 1. The SMILES string of the molecule is Cc1ccc(NS(=O)(=O)c2ccc(C(=O)N3CCCC3c3nnc4ccccn34)cc2)cc1C. The molecule has 9 heteroatoms. The number of aryl methyl sites for hydroxylation is 2. The van der Waals surface area contributed by atoms with Crippen LogP contribution in [0.5, 0.6) is 0 Å². The van der Waals surface area contributed by atoms with Crippen LogP contribution >= 0.6 is 0 Å². The fraction of sp³-hybridized carbons (Fsp3) is 0.240. The summed E-state index contributed by atoms with van der Waals surface area (Å²) in [6, 6.07) is 17.0. The Morgan fingerprint density at radius 2 is 1.79 bits per heavy atom. The van der Waals surface area contributed by atoms with E-state index in [0.717, 1.165) is 35.4 Å². The molecule has 0 spiro atoms. The van der Waals surface area contributed by atoms with Gasteiger partial charge in [-0.1, -0.05) is 12.1 Å². The summed E-state index contributed by atoms with van der Waals surface area (Å²) in [6.45, 7) is 4.51. The number of nitrogens with zero attached hydrogens (tertiary/aromatic N) is 4. The number of carbonyl (C=O) groups is 1. The summed E-state index contributed by atoms with van der Waals surface area (Å²) in [5, 5.41) is 8.55. The number of carbonyl (C=O) groups excluding carboxylic acids is 1. The lowest BCUT2D eigenvalue weighted by atomic mass is 10.1. The van der Waals surface area contributed by atoms with Crippen LogP contribution in [0, 0.1) is 13.8 Å². The Balaban J connectivity index is 1.36. The van der Waals surface area contributed by atoms with Crippen molar-refractivity contribution in [2.45, 2.75) is 37.6 Å². The number of amides is 1. The third kappa shape index (κ3) is 4.03. The zero-order valence-electron chi connectivity index (χ0n) is 19.0. The molecule has 1 saturated heterocycles. The highest BCUT2D eigenvalue weighted by Gasteiger charge is 2.33. The second-order valence-electron chi connectivity index (χ2n) is 8.57. The minimum Gasteiger partial charge on any atom is -0.328 e. The van der Waals surface area contributed by atoms with Gasteiger partial charge < -0.3 is 4.90 Å². The molecule has 1 aliphatic heterocycles. The fourth-order valence-electron chi connectivity index (χ4n) is 4.33. The number of hydrogen-bond acceptors (Lipinski definition) is 5.